The summed E-state index contributed by atoms with van der Waals surface area (Å²) in [5.74, 6) is -0.134. The number of ether oxygens (including phenoxy) is 1. The molecule has 25 heavy (non-hydrogen) atoms. The van der Waals surface area contributed by atoms with Crippen LogP contribution in [0.1, 0.15) is 24.0 Å². The number of hydrogen-bond acceptors (Lipinski definition) is 5. The van der Waals surface area contributed by atoms with Crippen LogP contribution in [0.15, 0.2) is 17.0 Å². The topological polar surface area (TPSA) is 102 Å². The predicted octanol–water partition coefficient (Wildman–Crippen LogP) is 0.788. The Hall–Kier alpha value is -1.64. The minimum atomic E-state index is -3.73. The summed E-state index contributed by atoms with van der Waals surface area (Å²) in [6, 6.07) is 3.51. The fourth-order valence-electron chi connectivity index (χ4n) is 3.22. The molecule has 3 N–H and O–H groups in total. The van der Waals surface area contributed by atoms with Gasteiger partial charge in [-0.15, -0.1) is 0 Å². The molecule has 1 aliphatic rings. The molecule has 1 heterocycles. The fourth-order valence-corrected chi connectivity index (χ4v) is 5.06. The van der Waals surface area contributed by atoms with E-state index in [0.29, 0.717) is 38.2 Å². The van der Waals surface area contributed by atoms with Crippen molar-refractivity contribution < 1.29 is 17.9 Å². The predicted molar refractivity (Wildman–Crippen MR) is 96.0 cm³/mol. The van der Waals surface area contributed by atoms with E-state index in [1.54, 1.807) is 6.07 Å². The van der Waals surface area contributed by atoms with Gasteiger partial charge in [0.25, 0.3) is 0 Å². The largest absolute Gasteiger partial charge is 0.495 e. The monoisotopic (exact) mass is 369 g/mol. The van der Waals surface area contributed by atoms with E-state index in [9.17, 15) is 13.2 Å². The summed E-state index contributed by atoms with van der Waals surface area (Å²) in [5.41, 5.74) is 7.03. The van der Waals surface area contributed by atoms with E-state index in [-0.39, 0.29) is 23.3 Å². The van der Waals surface area contributed by atoms with Gasteiger partial charge in [-0.05, 0) is 43.9 Å². The van der Waals surface area contributed by atoms with Gasteiger partial charge in [0.2, 0.25) is 15.9 Å². The number of carbonyl (C=O) groups is 1. The zero-order chi connectivity index (χ0) is 18.6. The molecule has 1 atom stereocenters. The first-order valence-electron chi connectivity index (χ1n) is 8.44. The van der Waals surface area contributed by atoms with E-state index in [4.69, 9.17) is 10.5 Å². The van der Waals surface area contributed by atoms with Crippen molar-refractivity contribution in [1.82, 2.24) is 9.62 Å². The molecule has 1 saturated heterocycles. The molecule has 1 unspecified atom stereocenters. The molecule has 0 aromatic heterocycles. The van der Waals surface area contributed by atoms with E-state index in [1.807, 2.05) is 19.9 Å². The molecule has 1 amide bonds. The van der Waals surface area contributed by atoms with Crippen molar-refractivity contribution in [3.63, 3.8) is 0 Å². The molecule has 140 valence electrons. The second kappa shape index (κ2) is 8.16. The van der Waals surface area contributed by atoms with Gasteiger partial charge in [-0.3, -0.25) is 4.79 Å². The minimum absolute atomic E-state index is 0.141. The summed E-state index contributed by atoms with van der Waals surface area (Å²) >= 11 is 0. The standard InChI is InChI=1S/C17H27N3O4S/c1-12-9-13(2)16(24-3)15(10-12)25(22,23)20-8-4-5-14(11-20)17(21)19-7-6-18/h9-10,14H,4-8,11,18H2,1-3H3,(H,19,21). The lowest BCUT2D eigenvalue weighted by molar-refractivity contribution is -0.126. The van der Waals surface area contributed by atoms with Gasteiger partial charge in [-0.2, -0.15) is 4.31 Å². The van der Waals surface area contributed by atoms with Crippen LogP contribution in [0.4, 0.5) is 0 Å². The van der Waals surface area contributed by atoms with Crippen molar-refractivity contribution in [3.05, 3.63) is 23.3 Å². The Balaban J connectivity index is 2.29. The zero-order valence-electron chi connectivity index (χ0n) is 15.0. The van der Waals surface area contributed by atoms with Gasteiger partial charge in [-0.1, -0.05) is 6.07 Å². The maximum Gasteiger partial charge on any atom is 0.246 e. The lowest BCUT2D eigenvalue weighted by atomic mass is 9.99. The number of amides is 1. The molecule has 0 saturated carbocycles. The van der Waals surface area contributed by atoms with Crippen LogP contribution < -0.4 is 15.8 Å². The third-order valence-corrected chi connectivity index (χ3v) is 6.28. The summed E-state index contributed by atoms with van der Waals surface area (Å²) < 4.78 is 33.0. The van der Waals surface area contributed by atoms with Gasteiger partial charge in [-0.25, -0.2) is 8.42 Å². The van der Waals surface area contributed by atoms with Crippen LogP contribution in [0.25, 0.3) is 0 Å². The van der Waals surface area contributed by atoms with Crippen molar-refractivity contribution in [2.45, 2.75) is 31.6 Å². The molecule has 1 aromatic carbocycles. The number of rotatable bonds is 6. The maximum atomic E-state index is 13.1. The molecule has 1 aromatic rings. The third-order valence-electron chi connectivity index (χ3n) is 4.41. The fraction of sp³-hybridized carbons (Fsp3) is 0.588. The molecule has 7 nitrogen and oxygen atoms in total. The number of aryl methyl sites for hydroxylation is 2. The van der Waals surface area contributed by atoms with E-state index < -0.39 is 10.0 Å². The average molecular weight is 369 g/mol. The second-order valence-electron chi connectivity index (χ2n) is 6.40. The first-order valence-corrected chi connectivity index (χ1v) is 9.88. The van der Waals surface area contributed by atoms with E-state index in [2.05, 4.69) is 5.32 Å². The van der Waals surface area contributed by atoms with Gasteiger partial charge >= 0.3 is 0 Å². The second-order valence-corrected chi connectivity index (χ2v) is 8.30. The number of methoxy groups -OCH3 is 1. The highest BCUT2D eigenvalue weighted by Crippen LogP contribution is 2.33. The van der Waals surface area contributed by atoms with Crippen molar-refractivity contribution in [2.24, 2.45) is 11.7 Å². The summed E-state index contributed by atoms with van der Waals surface area (Å²) in [7, 11) is -2.26. The molecule has 0 aliphatic carbocycles. The molecule has 1 fully saturated rings. The van der Waals surface area contributed by atoms with Crippen molar-refractivity contribution in [2.75, 3.05) is 33.3 Å². The Bertz CT molecular complexity index is 734. The van der Waals surface area contributed by atoms with Crippen molar-refractivity contribution in [3.8, 4) is 5.75 Å². The first-order chi connectivity index (χ1) is 11.8. The first kappa shape index (κ1) is 19.7. The molecular weight excluding hydrogens is 342 g/mol. The highest BCUT2D eigenvalue weighted by Gasteiger charge is 2.35. The summed E-state index contributed by atoms with van der Waals surface area (Å²) in [6.07, 6.45) is 1.32. The normalized spacial score (nSPS) is 18.8. The van der Waals surface area contributed by atoms with Crippen LogP contribution in [0.3, 0.4) is 0 Å². The quantitative estimate of drug-likeness (QED) is 0.772. The smallest absolute Gasteiger partial charge is 0.246 e. The zero-order valence-corrected chi connectivity index (χ0v) is 15.9. The summed E-state index contributed by atoms with van der Waals surface area (Å²) in [6.45, 7) is 5.01. The molecule has 0 radical (unpaired) electrons. The van der Waals surface area contributed by atoms with Crippen LogP contribution in [-0.4, -0.2) is 51.9 Å². The Labute approximate surface area is 149 Å². The SMILES string of the molecule is COc1c(C)cc(C)cc1S(=O)(=O)N1CCCC(C(=O)NCCN)C1. The number of nitrogens with zero attached hydrogens (tertiary/aromatic N) is 1. The number of piperidine rings is 1. The molecule has 0 spiro atoms. The average Bonchev–Trinajstić information content (AvgIpc) is 2.59. The highest BCUT2D eigenvalue weighted by atomic mass is 32.2. The molecular formula is C17H27N3O4S. The Morgan fingerprint density at radius 1 is 1.40 bits per heavy atom. The van der Waals surface area contributed by atoms with Crippen molar-refractivity contribution in [1.29, 1.82) is 0 Å². The van der Waals surface area contributed by atoms with Gasteiger partial charge in [0.15, 0.2) is 0 Å². The number of hydrogen-bond donors (Lipinski definition) is 2. The van der Waals surface area contributed by atoms with Crippen LogP contribution in [0.2, 0.25) is 0 Å². The highest BCUT2D eigenvalue weighted by molar-refractivity contribution is 7.89. The van der Waals surface area contributed by atoms with Gasteiger partial charge in [0.1, 0.15) is 10.6 Å². The van der Waals surface area contributed by atoms with E-state index in [1.165, 1.54) is 11.4 Å². The lowest BCUT2D eigenvalue weighted by Crippen LogP contribution is -2.46. The van der Waals surface area contributed by atoms with Crippen LogP contribution in [0, 0.1) is 19.8 Å². The molecule has 8 heteroatoms. The summed E-state index contributed by atoms with van der Waals surface area (Å²) in [4.78, 5) is 12.3. The molecule has 1 aliphatic heterocycles. The van der Waals surface area contributed by atoms with E-state index >= 15 is 0 Å². The van der Waals surface area contributed by atoms with Crippen LogP contribution in [0.5, 0.6) is 5.75 Å². The number of nitrogens with one attached hydrogen (secondary N) is 1. The van der Waals surface area contributed by atoms with Gasteiger partial charge in [0, 0.05) is 26.2 Å². The Morgan fingerprint density at radius 2 is 2.12 bits per heavy atom. The number of nitrogens with two attached hydrogens (primary N) is 1. The van der Waals surface area contributed by atoms with Crippen molar-refractivity contribution >= 4 is 15.9 Å². The molecule has 0 bridgehead atoms. The third kappa shape index (κ3) is 4.31. The maximum absolute atomic E-state index is 13.1. The number of carbonyl (C=O) groups excluding carboxylic acids is 1. The van der Waals surface area contributed by atoms with Crippen LogP contribution in [-0.2, 0) is 14.8 Å². The van der Waals surface area contributed by atoms with Gasteiger partial charge < -0.3 is 15.8 Å². The Morgan fingerprint density at radius 3 is 2.76 bits per heavy atom. The number of sulfonamides is 1. The number of benzene rings is 1. The Kier molecular flexibility index (Phi) is 6.42. The summed E-state index contributed by atoms with van der Waals surface area (Å²) in [5, 5.41) is 2.74. The van der Waals surface area contributed by atoms with Gasteiger partial charge in [0.05, 0.1) is 13.0 Å². The molecule has 2 rings (SSSR count). The lowest BCUT2D eigenvalue weighted by Gasteiger charge is -2.31. The minimum Gasteiger partial charge on any atom is -0.495 e. The van der Waals surface area contributed by atoms with Crippen LogP contribution >= 0.6 is 0 Å². The van der Waals surface area contributed by atoms with E-state index in [0.717, 1.165) is 11.1 Å².